The van der Waals surface area contributed by atoms with Crippen molar-refractivity contribution in [2.45, 2.75) is 26.1 Å². The summed E-state index contributed by atoms with van der Waals surface area (Å²) in [6.45, 7) is 6.89. The van der Waals surface area contributed by atoms with Crippen LogP contribution in [0.5, 0.6) is 0 Å². The molecule has 0 nitrogen and oxygen atoms in total. The third-order valence-electron chi connectivity index (χ3n) is 2.54. The van der Waals surface area contributed by atoms with Gasteiger partial charge in [-0.3, -0.25) is 0 Å². The van der Waals surface area contributed by atoms with Gasteiger partial charge in [-0.2, -0.15) is 0 Å². The fourth-order valence-electron chi connectivity index (χ4n) is 1.21. The first-order valence-corrected chi connectivity index (χ1v) is 10.1. The van der Waals surface area contributed by atoms with Crippen molar-refractivity contribution in [2.75, 3.05) is 0 Å². The van der Waals surface area contributed by atoms with Gasteiger partial charge in [0.25, 0.3) is 0 Å². The predicted octanol–water partition coefficient (Wildman–Crippen LogP) is 4.08. The second-order valence-corrected chi connectivity index (χ2v) is 8.94. The Bertz CT molecular complexity index is 380. The van der Waals surface area contributed by atoms with Gasteiger partial charge < -0.3 is 0 Å². The number of benzene rings is 2. The van der Waals surface area contributed by atoms with E-state index in [1.54, 1.807) is 0 Å². The van der Waals surface area contributed by atoms with Gasteiger partial charge in [-0.05, 0) is 10.6 Å². The van der Waals surface area contributed by atoms with Crippen molar-refractivity contribution in [2.24, 2.45) is 0 Å². The molecule has 0 fully saturated rings. The van der Waals surface area contributed by atoms with Gasteiger partial charge in [0.2, 0.25) is 0 Å². The van der Waals surface area contributed by atoms with Gasteiger partial charge in [0, 0.05) is 44.4 Å². The van der Waals surface area contributed by atoms with Crippen LogP contribution in [0.25, 0.3) is 0 Å². The van der Waals surface area contributed by atoms with Gasteiger partial charge in [-0.15, -0.1) is 0 Å². The van der Waals surface area contributed by atoms with E-state index in [-0.39, 0.29) is 44.4 Å². The monoisotopic (exact) mass is 412 g/mol. The van der Waals surface area contributed by atoms with Crippen LogP contribution in [-0.4, -0.2) is 8.80 Å². The van der Waals surface area contributed by atoms with Crippen LogP contribution in [0, 0.1) is 35.6 Å². The molecule has 0 aliphatic rings. The Labute approximate surface area is 149 Å². The van der Waals surface area contributed by atoms with Crippen molar-refractivity contribution in [1.82, 2.24) is 0 Å². The van der Waals surface area contributed by atoms with Crippen LogP contribution in [0.3, 0.4) is 0 Å². The summed E-state index contributed by atoms with van der Waals surface area (Å²) in [4.78, 5) is 0. The number of rotatable bonds is 3. The standard InChI is InChI=1S/C12H11P.C4H11Si.La/c1-3-7-11(8-4-1)13-12-9-5-2-6-10-12;1-4-5(2)3;/h1-10,13H;4H2,1-3H3;. The molecule has 2 rings (SSSR count). The largest absolute Gasteiger partial charge is 0.0713 e. The van der Waals surface area contributed by atoms with Crippen molar-refractivity contribution in [3.8, 4) is 0 Å². The number of hydrogen-bond donors (Lipinski definition) is 0. The Morgan fingerprint density at radius 1 is 0.789 bits per heavy atom. The van der Waals surface area contributed by atoms with E-state index in [1.165, 1.54) is 16.7 Å². The summed E-state index contributed by atoms with van der Waals surface area (Å²) < 4.78 is 0. The molecule has 0 bridgehead atoms. The van der Waals surface area contributed by atoms with E-state index in [9.17, 15) is 0 Å². The Hall–Kier alpha value is 0.282. The smallest absolute Gasteiger partial charge is 0.0410 e. The molecular formula is C16H22LaPSi. The van der Waals surface area contributed by atoms with Gasteiger partial charge in [-0.1, -0.05) is 95.3 Å². The minimum Gasteiger partial charge on any atom is -0.0713 e. The van der Waals surface area contributed by atoms with E-state index >= 15 is 0 Å². The zero-order chi connectivity index (χ0) is 13.2. The third kappa shape index (κ3) is 9.76. The molecule has 2 aromatic carbocycles. The first kappa shape index (κ1) is 19.3. The Balaban J connectivity index is 0.000000471. The van der Waals surface area contributed by atoms with Crippen LogP contribution in [0.1, 0.15) is 6.92 Å². The van der Waals surface area contributed by atoms with Crippen LogP contribution in [0.2, 0.25) is 19.1 Å². The van der Waals surface area contributed by atoms with E-state index in [0.29, 0.717) is 0 Å². The van der Waals surface area contributed by atoms with Crippen LogP contribution in [0.4, 0.5) is 0 Å². The van der Waals surface area contributed by atoms with Gasteiger partial charge >= 0.3 is 0 Å². The zero-order valence-electron chi connectivity index (χ0n) is 12.1. The topological polar surface area (TPSA) is 0 Å². The molecule has 0 heterocycles. The molecule has 2 aromatic rings. The SMILES string of the molecule is CC[Si](C)C.[La].c1ccc(Pc2ccccc2)cc1. The second-order valence-electron chi connectivity index (χ2n) is 4.42. The predicted molar refractivity (Wildman–Crippen MR) is 88.4 cm³/mol. The minimum atomic E-state index is 0. The summed E-state index contributed by atoms with van der Waals surface area (Å²) in [5.74, 6) is 0. The van der Waals surface area contributed by atoms with Crippen LogP contribution in [-0.2, 0) is 0 Å². The molecule has 0 spiro atoms. The molecular weight excluding hydrogens is 390 g/mol. The van der Waals surface area contributed by atoms with Crippen molar-refractivity contribution in [3.05, 3.63) is 60.7 Å². The molecule has 0 saturated heterocycles. The molecule has 0 aliphatic carbocycles. The van der Waals surface area contributed by atoms with Crippen LogP contribution in [0.15, 0.2) is 60.7 Å². The fourth-order valence-corrected chi connectivity index (χ4v) is 2.26. The Morgan fingerprint density at radius 2 is 1.11 bits per heavy atom. The molecule has 2 radical (unpaired) electrons. The van der Waals surface area contributed by atoms with Gasteiger partial charge in [0.05, 0.1) is 0 Å². The Kier molecular flexibility index (Phi) is 12.2. The molecule has 98 valence electrons. The average molecular weight is 412 g/mol. The molecule has 0 N–H and O–H groups in total. The van der Waals surface area contributed by atoms with E-state index in [0.717, 1.165) is 8.58 Å². The third-order valence-corrected chi connectivity index (χ3v) is 5.20. The van der Waals surface area contributed by atoms with Crippen LogP contribution < -0.4 is 10.6 Å². The summed E-state index contributed by atoms with van der Waals surface area (Å²) in [7, 11) is 0.903. The molecule has 0 atom stereocenters. The first-order chi connectivity index (χ1) is 8.72. The summed E-state index contributed by atoms with van der Waals surface area (Å²) in [5.41, 5.74) is 0. The van der Waals surface area contributed by atoms with Crippen molar-refractivity contribution in [1.29, 1.82) is 0 Å². The Morgan fingerprint density at radius 3 is 1.37 bits per heavy atom. The maximum absolute atomic E-state index is 2.32. The minimum absolute atomic E-state index is 0. The second kappa shape index (κ2) is 12.1. The maximum atomic E-state index is 2.32. The molecule has 0 saturated carbocycles. The van der Waals surface area contributed by atoms with E-state index < -0.39 is 0 Å². The summed E-state index contributed by atoms with van der Waals surface area (Å²) >= 11 is 0. The van der Waals surface area contributed by atoms with Crippen molar-refractivity contribution < 1.29 is 35.6 Å². The summed E-state index contributed by atoms with van der Waals surface area (Å²) in [5, 5.41) is 2.79. The average Bonchev–Trinajstić information content (AvgIpc) is 2.42. The van der Waals surface area contributed by atoms with Crippen molar-refractivity contribution in [3.63, 3.8) is 0 Å². The molecule has 0 aliphatic heterocycles. The molecule has 19 heavy (non-hydrogen) atoms. The van der Waals surface area contributed by atoms with Crippen molar-refractivity contribution >= 4 is 28.0 Å². The van der Waals surface area contributed by atoms with E-state index in [1.807, 2.05) is 0 Å². The first-order valence-electron chi connectivity index (χ1n) is 6.38. The summed E-state index contributed by atoms with van der Waals surface area (Å²) in [6, 6.07) is 22.6. The van der Waals surface area contributed by atoms with E-state index in [2.05, 4.69) is 80.7 Å². The van der Waals surface area contributed by atoms with Gasteiger partial charge in [0.1, 0.15) is 0 Å². The van der Waals surface area contributed by atoms with E-state index in [4.69, 9.17) is 0 Å². The summed E-state index contributed by atoms with van der Waals surface area (Å²) in [6.07, 6.45) is 0. The quantitative estimate of drug-likeness (QED) is 0.527. The number of hydrogen-bond acceptors (Lipinski definition) is 0. The van der Waals surface area contributed by atoms with Gasteiger partial charge in [-0.25, -0.2) is 0 Å². The molecule has 0 aromatic heterocycles. The maximum Gasteiger partial charge on any atom is 0.0410 e. The zero-order valence-corrected chi connectivity index (χ0v) is 17.7. The molecule has 0 unspecified atom stereocenters. The molecule has 0 amide bonds. The fraction of sp³-hybridized carbons (Fsp3) is 0.250. The van der Waals surface area contributed by atoms with Crippen LogP contribution >= 0.6 is 8.58 Å². The normalized spacial score (nSPS) is 9.26. The molecule has 3 heteroatoms. The van der Waals surface area contributed by atoms with Gasteiger partial charge in [0.15, 0.2) is 0 Å².